The summed E-state index contributed by atoms with van der Waals surface area (Å²) in [4.78, 5) is 0. The van der Waals surface area contributed by atoms with Gasteiger partial charge in [0.05, 0.1) is 6.26 Å². The van der Waals surface area contributed by atoms with Crippen LogP contribution in [0.15, 0.2) is 0 Å². The summed E-state index contributed by atoms with van der Waals surface area (Å²) in [6, 6.07) is 0.516. The van der Waals surface area contributed by atoms with E-state index in [4.69, 9.17) is 0 Å². The lowest BCUT2D eigenvalue weighted by molar-refractivity contribution is 0.239. The Labute approximate surface area is 116 Å². The van der Waals surface area contributed by atoms with Crippen molar-refractivity contribution >= 4 is 21.8 Å². The summed E-state index contributed by atoms with van der Waals surface area (Å²) < 4.78 is 24.8. The first-order chi connectivity index (χ1) is 8.47. The molecule has 4 nitrogen and oxygen atoms in total. The van der Waals surface area contributed by atoms with Crippen molar-refractivity contribution in [2.75, 3.05) is 38.4 Å². The van der Waals surface area contributed by atoms with Gasteiger partial charge in [0, 0.05) is 19.1 Å². The van der Waals surface area contributed by atoms with Gasteiger partial charge in [0.2, 0.25) is 10.0 Å². The van der Waals surface area contributed by atoms with Crippen LogP contribution in [0.3, 0.4) is 0 Å². The van der Waals surface area contributed by atoms with Crippen LogP contribution in [0.25, 0.3) is 0 Å². The predicted octanol–water partition coefficient (Wildman–Crippen LogP) is 1.39. The Balaban J connectivity index is 2.46. The van der Waals surface area contributed by atoms with E-state index < -0.39 is 10.0 Å². The van der Waals surface area contributed by atoms with E-state index in [0.717, 1.165) is 31.4 Å². The van der Waals surface area contributed by atoms with Crippen molar-refractivity contribution in [3.05, 3.63) is 0 Å². The summed E-state index contributed by atoms with van der Waals surface area (Å²) >= 11 is 1.87. The molecule has 2 unspecified atom stereocenters. The maximum absolute atomic E-state index is 11.6. The number of sulfonamides is 1. The quantitative estimate of drug-likeness (QED) is 0.771. The Kier molecular flexibility index (Phi) is 6.98. The highest BCUT2D eigenvalue weighted by atomic mass is 32.2. The number of nitrogens with zero attached hydrogens (tertiary/aromatic N) is 1. The number of piperidine rings is 1. The molecule has 1 aliphatic heterocycles. The zero-order valence-electron chi connectivity index (χ0n) is 11.7. The molecule has 0 bridgehead atoms. The highest BCUT2D eigenvalue weighted by Gasteiger charge is 2.27. The fourth-order valence-corrected chi connectivity index (χ4v) is 4.03. The van der Waals surface area contributed by atoms with Gasteiger partial charge in [-0.3, -0.25) is 0 Å². The Hall–Kier alpha value is 0.220. The van der Waals surface area contributed by atoms with Gasteiger partial charge in [-0.1, -0.05) is 0 Å². The van der Waals surface area contributed by atoms with Gasteiger partial charge >= 0.3 is 0 Å². The van der Waals surface area contributed by atoms with Gasteiger partial charge in [0.15, 0.2) is 0 Å². The second kappa shape index (κ2) is 7.72. The molecule has 0 radical (unpaired) electrons. The molecule has 0 aromatic rings. The molecule has 1 heterocycles. The van der Waals surface area contributed by atoms with E-state index in [9.17, 15) is 8.42 Å². The van der Waals surface area contributed by atoms with Crippen LogP contribution in [0, 0.1) is 5.92 Å². The number of thioether (sulfide) groups is 1. The molecule has 1 N–H and O–H groups in total. The van der Waals surface area contributed by atoms with Gasteiger partial charge in [0.25, 0.3) is 0 Å². The third-order valence-electron chi connectivity index (χ3n) is 3.65. The molecule has 0 saturated carbocycles. The molecule has 0 aliphatic carbocycles. The SMILES string of the molecule is CNC(CCSC)CC1CCCN(S(C)(=O)=O)C1. The van der Waals surface area contributed by atoms with E-state index in [1.165, 1.54) is 6.26 Å². The molecule has 2 atom stereocenters. The Morgan fingerprint density at radius 1 is 1.50 bits per heavy atom. The first kappa shape index (κ1) is 16.3. The summed E-state index contributed by atoms with van der Waals surface area (Å²) in [7, 11) is -1.01. The highest BCUT2D eigenvalue weighted by Crippen LogP contribution is 2.23. The van der Waals surface area contributed by atoms with Gasteiger partial charge in [-0.15, -0.1) is 0 Å². The zero-order chi connectivity index (χ0) is 13.6. The third kappa shape index (κ3) is 5.47. The number of hydrogen-bond donors (Lipinski definition) is 1. The van der Waals surface area contributed by atoms with Crippen LogP contribution in [-0.2, 0) is 10.0 Å². The van der Waals surface area contributed by atoms with Crippen LogP contribution in [0.5, 0.6) is 0 Å². The lowest BCUT2D eigenvalue weighted by Gasteiger charge is -2.33. The van der Waals surface area contributed by atoms with Gasteiger partial charge in [-0.2, -0.15) is 11.8 Å². The molecule has 1 rings (SSSR count). The molecule has 0 amide bonds. The number of rotatable bonds is 7. The monoisotopic (exact) mass is 294 g/mol. The van der Waals surface area contributed by atoms with E-state index in [0.29, 0.717) is 25.0 Å². The van der Waals surface area contributed by atoms with Crippen LogP contribution in [-0.4, -0.2) is 57.2 Å². The van der Waals surface area contributed by atoms with Crippen molar-refractivity contribution in [3.8, 4) is 0 Å². The molecular formula is C12H26N2O2S2. The van der Waals surface area contributed by atoms with Gasteiger partial charge in [0.1, 0.15) is 0 Å². The van der Waals surface area contributed by atoms with E-state index in [-0.39, 0.29) is 0 Å². The minimum absolute atomic E-state index is 0.507. The van der Waals surface area contributed by atoms with E-state index >= 15 is 0 Å². The first-order valence-electron chi connectivity index (χ1n) is 6.58. The molecule has 0 aromatic heterocycles. The van der Waals surface area contributed by atoms with Crippen molar-refractivity contribution in [1.82, 2.24) is 9.62 Å². The van der Waals surface area contributed by atoms with Gasteiger partial charge in [-0.05, 0) is 50.7 Å². The Morgan fingerprint density at radius 2 is 2.22 bits per heavy atom. The second-order valence-corrected chi connectivity index (χ2v) is 8.10. The molecule has 0 spiro atoms. The van der Waals surface area contributed by atoms with Gasteiger partial charge in [-0.25, -0.2) is 12.7 Å². The van der Waals surface area contributed by atoms with E-state index in [1.54, 1.807) is 4.31 Å². The normalized spacial score (nSPS) is 24.1. The van der Waals surface area contributed by atoms with E-state index in [1.807, 2.05) is 18.8 Å². The minimum Gasteiger partial charge on any atom is -0.317 e. The average Bonchev–Trinajstić information content (AvgIpc) is 2.33. The van der Waals surface area contributed by atoms with Crippen molar-refractivity contribution in [2.45, 2.75) is 31.7 Å². The Bertz CT molecular complexity index is 333. The lowest BCUT2D eigenvalue weighted by Crippen LogP contribution is -2.41. The average molecular weight is 294 g/mol. The fourth-order valence-electron chi connectivity index (χ4n) is 2.56. The maximum Gasteiger partial charge on any atom is 0.211 e. The molecular weight excluding hydrogens is 268 g/mol. The minimum atomic E-state index is -3.01. The van der Waals surface area contributed by atoms with Gasteiger partial charge < -0.3 is 5.32 Å². The maximum atomic E-state index is 11.6. The molecule has 1 fully saturated rings. The summed E-state index contributed by atoms with van der Waals surface area (Å²) in [5.41, 5.74) is 0. The molecule has 0 aromatic carbocycles. The summed E-state index contributed by atoms with van der Waals surface area (Å²) in [6.45, 7) is 1.40. The molecule has 1 aliphatic rings. The fraction of sp³-hybridized carbons (Fsp3) is 1.00. The molecule has 6 heteroatoms. The van der Waals surface area contributed by atoms with Crippen LogP contribution in [0.2, 0.25) is 0 Å². The summed E-state index contributed by atoms with van der Waals surface area (Å²) in [5.74, 6) is 1.67. The van der Waals surface area contributed by atoms with Crippen LogP contribution >= 0.6 is 11.8 Å². The van der Waals surface area contributed by atoms with Crippen molar-refractivity contribution in [3.63, 3.8) is 0 Å². The predicted molar refractivity (Wildman–Crippen MR) is 79.6 cm³/mol. The number of nitrogens with one attached hydrogen (secondary N) is 1. The zero-order valence-corrected chi connectivity index (χ0v) is 13.3. The van der Waals surface area contributed by atoms with Crippen molar-refractivity contribution in [2.24, 2.45) is 5.92 Å². The first-order valence-corrected chi connectivity index (χ1v) is 9.83. The topological polar surface area (TPSA) is 49.4 Å². The molecule has 1 saturated heterocycles. The van der Waals surface area contributed by atoms with Crippen LogP contribution in [0.4, 0.5) is 0 Å². The Morgan fingerprint density at radius 3 is 2.78 bits per heavy atom. The van der Waals surface area contributed by atoms with Crippen LogP contribution < -0.4 is 5.32 Å². The largest absolute Gasteiger partial charge is 0.317 e. The van der Waals surface area contributed by atoms with Crippen LogP contribution in [0.1, 0.15) is 25.7 Å². The second-order valence-electron chi connectivity index (χ2n) is 5.13. The third-order valence-corrected chi connectivity index (χ3v) is 5.56. The van der Waals surface area contributed by atoms with E-state index in [2.05, 4.69) is 11.6 Å². The number of hydrogen-bond acceptors (Lipinski definition) is 4. The lowest BCUT2D eigenvalue weighted by atomic mass is 9.91. The molecule has 108 valence electrons. The smallest absolute Gasteiger partial charge is 0.211 e. The standard InChI is InChI=1S/C12H26N2O2S2/c1-13-12(6-8-17-2)9-11-5-4-7-14(10-11)18(3,15)16/h11-13H,4-10H2,1-3H3. The highest BCUT2D eigenvalue weighted by molar-refractivity contribution is 7.98. The van der Waals surface area contributed by atoms with Crippen molar-refractivity contribution in [1.29, 1.82) is 0 Å². The summed E-state index contributed by atoms with van der Waals surface area (Å²) in [5, 5.41) is 3.36. The molecule has 18 heavy (non-hydrogen) atoms. The summed E-state index contributed by atoms with van der Waals surface area (Å²) in [6.07, 6.45) is 7.84. The van der Waals surface area contributed by atoms with Crippen molar-refractivity contribution < 1.29 is 8.42 Å².